The molecule has 0 fully saturated rings. The maximum atomic E-state index is 11.0. The van der Waals surface area contributed by atoms with Gasteiger partial charge in [0.15, 0.2) is 0 Å². The first-order valence-electron chi connectivity index (χ1n) is 13.6. The number of ether oxygens (including phenoxy) is 1. The molecule has 3 aromatic rings. The van der Waals surface area contributed by atoms with E-state index in [0.717, 1.165) is 54.1 Å². The summed E-state index contributed by atoms with van der Waals surface area (Å²) in [6, 6.07) is 12.3. The van der Waals surface area contributed by atoms with E-state index in [4.69, 9.17) is 14.1 Å². The number of halogens is 1. The zero-order valence-corrected chi connectivity index (χ0v) is 25.4. The van der Waals surface area contributed by atoms with E-state index in [2.05, 4.69) is 78.6 Å². The van der Waals surface area contributed by atoms with Crippen molar-refractivity contribution in [2.75, 3.05) is 26.7 Å². The third kappa shape index (κ3) is 8.51. The summed E-state index contributed by atoms with van der Waals surface area (Å²) < 4.78 is 12.1. The Bertz CT molecular complexity index is 1120. The van der Waals surface area contributed by atoms with E-state index in [0.29, 0.717) is 24.7 Å². The minimum atomic E-state index is -0.206. The molecule has 0 aliphatic carbocycles. The van der Waals surface area contributed by atoms with Gasteiger partial charge in [-0.1, -0.05) is 66.7 Å². The van der Waals surface area contributed by atoms with Crippen LogP contribution in [0, 0.1) is 0 Å². The van der Waals surface area contributed by atoms with Gasteiger partial charge in [-0.2, -0.15) is 0 Å². The predicted molar refractivity (Wildman–Crippen MR) is 160 cm³/mol. The van der Waals surface area contributed by atoms with Crippen LogP contribution < -0.4 is 4.74 Å². The Morgan fingerprint density at radius 1 is 0.947 bits per heavy atom. The molecule has 0 bridgehead atoms. The van der Waals surface area contributed by atoms with E-state index in [1.807, 2.05) is 18.2 Å². The fourth-order valence-electron chi connectivity index (χ4n) is 4.43. The molecule has 0 aliphatic rings. The summed E-state index contributed by atoms with van der Waals surface area (Å²) in [6.07, 6.45) is 5.74. The number of hydrogen-bond donors (Lipinski definition) is 1. The number of phenols is 1. The van der Waals surface area contributed by atoms with Crippen LogP contribution >= 0.6 is 12.4 Å². The van der Waals surface area contributed by atoms with Gasteiger partial charge in [-0.05, 0) is 74.0 Å². The molecule has 0 spiro atoms. The van der Waals surface area contributed by atoms with Crippen molar-refractivity contribution in [2.45, 2.75) is 85.0 Å². The molecule has 2 aromatic carbocycles. The SMILES string of the molecule is CCN(C)CCCCc1ccccc1OCCc1coc(-c2cc(C(C)(C)C)c(O)c(C(C)(C)C)c2)n1.Cl. The standard InChI is InChI=1S/C32H46N2O3.ClH/c1-9-34(8)18-13-12-15-23-14-10-11-16-28(23)36-19-17-25-22-37-30(33-25)24-20-26(31(2,3)4)29(35)27(21-24)32(5,6)7;/h10-11,14,16,20-22,35H,9,12-13,15,17-19H2,1-8H3;1H. The molecule has 3 rings (SSSR count). The van der Waals surface area contributed by atoms with Gasteiger partial charge in [0.25, 0.3) is 0 Å². The van der Waals surface area contributed by atoms with Gasteiger partial charge in [0.1, 0.15) is 17.8 Å². The summed E-state index contributed by atoms with van der Waals surface area (Å²) in [6.45, 7) is 17.6. The number of aromatic nitrogens is 1. The minimum Gasteiger partial charge on any atom is -0.507 e. The number of rotatable bonds is 11. The lowest BCUT2D eigenvalue weighted by atomic mass is 9.78. The van der Waals surface area contributed by atoms with Gasteiger partial charge in [-0.3, -0.25) is 0 Å². The van der Waals surface area contributed by atoms with E-state index < -0.39 is 0 Å². The van der Waals surface area contributed by atoms with Crippen molar-refractivity contribution in [1.82, 2.24) is 9.88 Å². The summed E-state index contributed by atoms with van der Waals surface area (Å²) in [4.78, 5) is 7.11. The van der Waals surface area contributed by atoms with Gasteiger partial charge in [-0.25, -0.2) is 4.98 Å². The highest BCUT2D eigenvalue weighted by Crippen LogP contribution is 2.41. The van der Waals surface area contributed by atoms with Crippen molar-refractivity contribution in [2.24, 2.45) is 0 Å². The Labute approximate surface area is 236 Å². The highest BCUT2D eigenvalue weighted by molar-refractivity contribution is 5.85. The van der Waals surface area contributed by atoms with Gasteiger partial charge < -0.3 is 19.2 Å². The molecule has 5 nitrogen and oxygen atoms in total. The van der Waals surface area contributed by atoms with Gasteiger partial charge in [0.05, 0.1) is 12.3 Å². The molecule has 0 unspecified atom stereocenters. The van der Waals surface area contributed by atoms with Crippen LogP contribution in [0.3, 0.4) is 0 Å². The monoisotopic (exact) mass is 542 g/mol. The minimum absolute atomic E-state index is 0. The molecule has 0 aliphatic heterocycles. The van der Waals surface area contributed by atoms with Crippen LogP contribution in [-0.4, -0.2) is 41.7 Å². The quantitative estimate of drug-likeness (QED) is 0.249. The Hall–Kier alpha value is -2.50. The second kappa shape index (κ2) is 13.5. The van der Waals surface area contributed by atoms with E-state index in [9.17, 15) is 5.11 Å². The average molecular weight is 543 g/mol. The lowest BCUT2D eigenvalue weighted by molar-refractivity contribution is 0.315. The van der Waals surface area contributed by atoms with Crippen LogP contribution in [0.4, 0.5) is 0 Å². The number of aromatic hydroxyl groups is 1. The maximum absolute atomic E-state index is 11.0. The number of nitrogens with zero attached hydrogens (tertiary/aromatic N) is 2. The number of para-hydroxylation sites is 1. The molecular formula is C32H47ClN2O3. The zero-order chi connectivity index (χ0) is 27.2. The van der Waals surface area contributed by atoms with Crippen molar-refractivity contribution in [3.05, 3.63) is 65.0 Å². The van der Waals surface area contributed by atoms with Crippen molar-refractivity contribution in [3.8, 4) is 23.0 Å². The zero-order valence-electron chi connectivity index (χ0n) is 24.6. The van der Waals surface area contributed by atoms with E-state index >= 15 is 0 Å². The van der Waals surface area contributed by atoms with Gasteiger partial charge in [-0.15, -0.1) is 12.4 Å². The maximum Gasteiger partial charge on any atom is 0.226 e. The van der Waals surface area contributed by atoms with Crippen molar-refractivity contribution in [1.29, 1.82) is 0 Å². The topological polar surface area (TPSA) is 58.7 Å². The number of phenolic OH excluding ortho intramolecular Hbond substituents is 1. The van der Waals surface area contributed by atoms with Crippen molar-refractivity contribution in [3.63, 3.8) is 0 Å². The Balaban J connectivity index is 0.00000507. The molecule has 1 heterocycles. The number of oxazole rings is 1. The molecule has 6 heteroatoms. The van der Waals surface area contributed by atoms with E-state index in [1.165, 1.54) is 12.0 Å². The molecule has 0 saturated heterocycles. The fraction of sp³-hybridized carbons (Fsp3) is 0.531. The molecule has 0 atom stereocenters. The molecule has 1 aromatic heterocycles. The summed E-state index contributed by atoms with van der Waals surface area (Å²) in [5.41, 5.74) is 4.39. The first kappa shape index (κ1) is 31.7. The van der Waals surface area contributed by atoms with Crippen LogP contribution in [0.15, 0.2) is 47.1 Å². The second-order valence-corrected chi connectivity index (χ2v) is 12.1. The third-order valence-corrected chi connectivity index (χ3v) is 6.89. The lowest BCUT2D eigenvalue weighted by Gasteiger charge is -2.27. The Morgan fingerprint density at radius 2 is 1.58 bits per heavy atom. The molecule has 0 saturated carbocycles. The van der Waals surface area contributed by atoms with E-state index in [1.54, 1.807) is 6.26 Å². The Kier molecular flexibility index (Phi) is 11.3. The molecule has 38 heavy (non-hydrogen) atoms. The van der Waals surface area contributed by atoms with Crippen LogP contribution in [0.1, 0.15) is 83.7 Å². The van der Waals surface area contributed by atoms with Crippen LogP contribution in [0.25, 0.3) is 11.5 Å². The van der Waals surface area contributed by atoms with Crippen LogP contribution in [0.2, 0.25) is 0 Å². The van der Waals surface area contributed by atoms with Gasteiger partial charge in [0.2, 0.25) is 5.89 Å². The number of unbranched alkanes of at least 4 members (excludes halogenated alkanes) is 1. The summed E-state index contributed by atoms with van der Waals surface area (Å²) in [7, 11) is 2.17. The summed E-state index contributed by atoms with van der Waals surface area (Å²) in [5.74, 6) is 1.89. The fourth-order valence-corrected chi connectivity index (χ4v) is 4.43. The average Bonchev–Trinajstić information content (AvgIpc) is 3.30. The van der Waals surface area contributed by atoms with Gasteiger partial charge >= 0.3 is 0 Å². The van der Waals surface area contributed by atoms with Crippen LogP contribution in [-0.2, 0) is 23.7 Å². The first-order valence-corrected chi connectivity index (χ1v) is 13.6. The highest BCUT2D eigenvalue weighted by Gasteiger charge is 2.27. The second-order valence-electron chi connectivity index (χ2n) is 12.1. The molecule has 0 radical (unpaired) electrons. The normalized spacial score (nSPS) is 12.0. The predicted octanol–water partition coefficient (Wildman–Crippen LogP) is 7.96. The summed E-state index contributed by atoms with van der Waals surface area (Å²) in [5, 5.41) is 11.0. The van der Waals surface area contributed by atoms with Crippen LogP contribution in [0.5, 0.6) is 11.5 Å². The number of hydrogen-bond acceptors (Lipinski definition) is 5. The third-order valence-electron chi connectivity index (χ3n) is 6.89. The van der Waals surface area contributed by atoms with Crippen molar-refractivity contribution < 1.29 is 14.3 Å². The smallest absolute Gasteiger partial charge is 0.226 e. The first-order chi connectivity index (χ1) is 17.4. The summed E-state index contributed by atoms with van der Waals surface area (Å²) >= 11 is 0. The molecule has 0 amide bonds. The molecule has 1 N–H and O–H groups in total. The largest absolute Gasteiger partial charge is 0.507 e. The Morgan fingerprint density at radius 3 is 2.18 bits per heavy atom. The highest BCUT2D eigenvalue weighted by atomic mass is 35.5. The number of aryl methyl sites for hydroxylation is 1. The number of benzene rings is 2. The van der Waals surface area contributed by atoms with Gasteiger partial charge in [0, 0.05) is 23.1 Å². The lowest BCUT2D eigenvalue weighted by Crippen LogP contribution is -2.18. The van der Waals surface area contributed by atoms with E-state index in [-0.39, 0.29) is 23.2 Å². The van der Waals surface area contributed by atoms with Crippen molar-refractivity contribution >= 4 is 12.4 Å². The molecule has 210 valence electrons. The molecular weight excluding hydrogens is 496 g/mol.